The largest absolute Gasteiger partial charge is 0.364 e. The first-order valence-electron chi connectivity index (χ1n) is 6.33. The second-order valence-electron chi connectivity index (χ2n) is 4.57. The summed E-state index contributed by atoms with van der Waals surface area (Å²) in [6.07, 6.45) is 5.16. The molecule has 0 fully saturated rings. The molecule has 4 nitrogen and oxygen atoms in total. The molecule has 0 radical (unpaired) electrons. The van der Waals surface area contributed by atoms with Gasteiger partial charge in [-0.05, 0) is 38.3 Å². The van der Waals surface area contributed by atoms with Gasteiger partial charge in [-0.25, -0.2) is 9.97 Å². The van der Waals surface area contributed by atoms with E-state index >= 15 is 0 Å². The minimum Gasteiger partial charge on any atom is -0.364 e. The molecule has 2 heterocycles. The Kier molecular flexibility index (Phi) is 2.92. The van der Waals surface area contributed by atoms with Crippen LogP contribution in [0.4, 0.5) is 5.82 Å². The molecule has 92 valence electrons. The molecule has 0 amide bonds. The molecule has 3 rings (SSSR count). The van der Waals surface area contributed by atoms with E-state index in [1.54, 1.807) is 0 Å². The molecule has 2 aromatic heterocycles. The van der Waals surface area contributed by atoms with Crippen LogP contribution < -0.4 is 5.32 Å². The Morgan fingerprint density at radius 3 is 3.00 bits per heavy atom. The number of fused-ring (bicyclic) bond motifs is 1. The molecule has 18 heavy (non-hydrogen) atoms. The first-order valence-corrected chi connectivity index (χ1v) is 6.33. The molecule has 2 aromatic rings. The van der Waals surface area contributed by atoms with Gasteiger partial charge in [-0.1, -0.05) is 6.07 Å². The van der Waals surface area contributed by atoms with Gasteiger partial charge in [0.25, 0.3) is 0 Å². The minimum atomic E-state index is 0.712. The highest BCUT2D eigenvalue weighted by atomic mass is 15.0. The SMILES string of the molecule is Cc1nc2c(c(NCc3ccccn3)n1)CCC2. The van der Waals surface area contributed by atoms with Gasteiger partial charge in [0.15, 0.2) is 0 Å². The van der Waals surface area contributed by atoms with Crippen molar-refractivity contribution >= 4 is 5.82 Å². The van der Waals surface area contributed by atoms with Crippen molar-refractivity contribution < 1.29 is 0 Å². The van der Waals surface area contributed by atoms with E-state index in [4.69, 9.17) is 0 Å². The zero-order chi connectivity index (χ0) is 12.4. The van der Waals surface area contributed by atoms with Crippen LogP contribution in [0.1, 0.15) is 29.2 Å². The third-order valence-electron chi connectivity index (χ3n) is 3.21. The van der Waals surface area contributed by atoms with Gasteiger partial charge in [0.2, 0.25) is 0 Å². The van der Waals surface area contributed by atoms with Crippen LogP contribution in [-0.4, -0.2) is 15.0 Å². The minimum absolute atomic E-state index is 0.712. The fourth-order valence-corrected chi connectivity index (χ4v) is 2.38. The van der Waals surface area contributed by atoms with Crippen molar-refractivity contribution in [2.24, 2.45) is 0 Å². The standard InChI is InChI=1S/C14H16N4/c1-10-17-13-7-4-6-12(13)14(18-10)16-9-11-5-2-3-8-15-11/h2-3,5,8H,4,6-7,9H2,1H3,(H,16,17,18). The number of aryl methyl sites for hydroxylation is 2. The van der Waals surface area contributed by atoms with Gasteiger partial charge in [-0.15, -0.1) is 0 Å². The number of rotatable bonds is 3. The lowest BCUT2D eigenvalue weighted by molar-refractivity contribution is 0.895. The predicted molar refractivity (Wildman–Crippen MR) is 70.4 cm³/mol. The van der Waals surface area contributed by atoms with Crippen molar-refractivity contribution in [3.8, 4) is 0 Å². The maximum Gasteiger partial charge on any atom is 0.133 e. The Balaban J connectivity index is 1.81. The normalized spacial score (nSPS) is 13.4. The van der Waals surface area contributed by atoms with E-state index < -0.39 is 0 Å². The Labute approximate surface area is 107 Å². The van der Waals surface area contributed by atoms with Gasteiger partial charge >= 0.3 is 0 Å². The zero-order valence-electron chi connectivity index (χ0n) is 10.5. The lowest BCUT2D eigenvalue weighted by Gasteiger charge is -2.10. The fraction of sp³-hybridized carbons (Fsp3) is 0.357. The summed E-state index contributed by atoms with van der Waals surface area (Å²) in [6, 6.07) is 5.94. The van der Waals surface area contributed by atoms with E-state index in [1.807, 2.05) is 31.3 Å². The van der Waals surface area contributed by atoms with Crippen LogP contribution in [0.2, 0.25) is 0 Å². The van der Waals surface area contributed by atoms with Crippen molar-refractivity contribution in [1.82, 2.24) is 15.0 Å². The van der Waals surface area contributed by atoms with Crippen molar-refractivity contribution in [2.45, 2.75) is 32.7 Å². The molecule has 0 atom stereocenters. The average Bonchev–Trinajstić information content (AvgIpc) is 2.85. The van der Waals surface area contributed by atoms with E-state index in [0.717, 1.165) is 30.2 Å². The van der Waals surface area contributed by atoms with Gasteiger partial charge < -0.3 is 5.32 Å². The number of pyridine rings is 1. The second kappa shape index (κ2) is 4.72. The van der Waals surface area contributed by atoms with Gasteiger partial charge in [-0.2, -0.15) is 0 Å². The predicted octanol–water partition coefficient (Wildman–Crippen LogP) is 2.28. The maximum atomic E-state index is 4.51. The molecule has 0 aliphatic heterocycles. The molecule has 0 spiro atoms. The summed E-state index contributed by atoms with van der Waals surface area (Å²) in [7, 11) is 0. The monoisotopic (exact) mass is 240 g/mol. The lowest BCUT2D eigenvalue weighted by Crippen LogP contribution is -2.08. The molecule has 0 saturated carbocycles. The first-order chi connectivity index (χ1) is 8.83. The molecule has 0 saturated heterocycles. The molecule has 0 aromatic carbocycles. The first kappa shape index (κ1) is 11.1. The summed E-state index contributed by atoms with van der Waals surface area (Å²) in [5.74, 6) is 1.83. The van der Waals surface area contributed by atoms with Crippen LogP contribution in [-0.2, 0) is 19.4 Å². The molecular weight excluding hydrogens is 224 g/mol. The smallest absolute Gasteiger partial charge is 0.133 e. The third-order valence-corrected chi connectivity index (χ3v) is 3.21. The van der Waals surface area contributed by atoms with E-state index in [1.165, 1.54) is 17.7 Å². The van der Waals surface area contributed by atoms with E-state index in [2.05, 4.69) is 20.3 Å². The third kappa shape index (κ3) is 2.18. The van der Waals surface area contributed by atoms with Crippen LogP contribution >= 0.6 is 0 Å². The Bertz CT molecular complexity index is 551. The van der Waals surface area contributed by atoms with Crippen LogP contribution in [0.15, 0.2) is 24.4 Å². The van der Waals surface area contributed by atoms with E-state index in [-0.39, 0.29) is 0 Å². The summed E-state index contributed by atoms with van der Waals surface area (Å²) in [4.78, 5) is 13.3. The molecule has 0 unspecified atom stereocenters. The highest BCUT2D eigenvalue weighted by Gasteiger charge is 2.18. The van der Waals surface area contributed by atoms with E-state index in [0.29, 0.717) is 6.54 Å². The van der Waals surface area contributed by atoms with Crippen molar-refractivity contribution in [3.63, 3.8) is 0 Å². The van der Waals surface area contributed by atoms with Crippen molar-refractivity contribution in [2.75, 3.05) is 5.32 Å². The Hall–Kier alpha value is -1.97. The number of nitrogens with one attached hydrogen (secondary N) is 1. The van der Waals surface area contributed by atoms with Crippen LogP contribution in [0.25, 0.3) is 0 Å². The topological polar surface area (TPSA) is 50.7 Å². The van der Waals surface area contributed by atoms with Gasteiger partial charge in [-0.3, -0.25) is 4.98 Å². The van der Waals surface area contributed by atoms with Crippen molar-refractivity contribution in [1.29, 1.82) is 0 Å². The second-order valence-corrected chi connectivity index (χ2v) is 4.57. The maximum absolute atomic E-state index is 4.51. The van der Waals surface area contributed by atoms with Crippen LogP contribution in [0.5, 0.6) is 0 Å². The number of aromatic nitrogens is 3. The summed E-state index contributed by atoms with van der Waals surface area (Å²) in [6.45, 7) is 2.66. The number of nitrogens with zero attached hydrogens (tertiary/aromatic N) is 3. The average molecular weight is 240 g/mol. The highest BCUT2D eigenvalue weighted by Crippen LogP contribution is 2.26. The number of hydrogen-bond donors (Lipinski definition) is 1. The highest BCUT2D eigenvalue weighted by molar-refractivity contribution is 5.48. The Morgan fingerprint density at radius 2 is 2.17 bits per heavy atom. The van der Waals surface area contributed by atoms with Crippen LogP contribution in [0.3, 0.4) is 0 Å². The quantitative estimate of drug-likeness (QED) is 0.894. The molecular formula is C14H16N4. The fourth-order valence-electron chi connectivity index (χ4n) is 2.38. The molecule has 0 bridgehead atoms. The Morgan fingerprint density at radius 1 is 1.22 bits per heavy atom. The number of hydrogen-bond acceptors (Lipinski definition) is 4. The number of anilines is 1. The molecule has 1 aliphatic carbocycles. The molecule has 1 aliphatic rings. The summed E-state index contributed by atoms with van der Waals surface area (Å²) in [5, 5.41) is 3.39. The van der Waals surface area contributed by atoms with Crippen LogP contribution in [0, 0.1) is 6.92 Å². The molecule has 1 N–H and O–H groups in total. The zero-order valence-corrected chi connectivity index (χ0v) is 10.5. The summed E-state index contributed by atoms with van der Waals surface area (Å²) in [5.41, 5.74) is 3.53. The summed E-state index contributed by atoms with van der Waals surface area (Å²) >= 11 is 0. The van der Waals surface area contributed by atoms with E-state index in [9.17, 15) is 0 Å². The van der Waals surface area contributed by atoms with Gasteiger partial charge in [0.1, 0.15) is 11.6 Å². The van der Waals surface area contributed by atoms with Gasteiger partial charge in [0, 0.05) is 17.5 Å². The van der Waals surface area contributed by atoms with Crippen molar-refractivity contribution in [3.05, 3.63) is 47.2 Å². The molecule has 4 heteroatoms. The van der Waals surface area contributed by atoms with Gasteiger partial charge in [0.05, 0.1) is 12.2 Å². The summed E-state index contributed by atoms with van der Waals surface area (Å²) < 4.78 is 0. The lowest BCUT2D eigenvalue weighted by atomic mass is 10.2.